The number of rotatable bonds is 4. The summed E-state index contributed by atoms with van der Waals surface area (Å²) in [5.74, 6) is -0.433. The van der Waals surface area contributed by atoms with E-state index in [1.807, 2.05) is 23.6 Å². The third-order valence-electron chi connectivity index (χ3n) is 3.00. The minimum Gasteiger partial charge on any atom is -0.347 e. The van der Waals surface area contributed by atoms with Gasteiger partial charge in [0.2, 0.25) is 5.91 Å². The first kappa shape index (κ1) is 15.2. The minimum atomic E-state index is -0.284. The van der Waals surface area contributed by atoms with E-state index in [9.17, 15) is 9.59 Å². The zero-order chi connectivity index (χ0) is 15.4. The largest absolute Gasteiger partial charge is 0.347 e. The van der Waals surface area contributed by atoms with Gasteiger partial charge in [0.25, 0.3) is 5.91 Å². The topological polar surface area (TPSA) is 62.3 Å². The van der Waals surface area contributed by atoms with E-state index in [0.717, 1.165) is 10.6 Å². The number of thiophene rings is 1. The lowest BCUT2D eigenvalue weighted by Gasteiger charge is -2.12. The summed E-state index contributed by atoms with van der Waals surface area (Å²) in [5.41, 5.74) is 1.99. The number of hydrogen-bond donors (Lipinski definition) is 1. The van der Waals surface area contributed by atoms with E-state index >= 15 is 0 Å². The molecule has 0 saturated heterocycles. The van der Waals surface area contributed by atoms with Crippen molar-refractivity contribution in [1.29, 1.82) is 0 Å². The molecule has 0 saturated carbocycles. The Morgan fingerprint density at radius 3 is 2.62 bits per heavy atom. The van der Waals surface area contributed by atoms with Gasteiger partial charge in [-0.25, -0.2) is 0 Å². The van der Waals surface area contributed by atoms with Crippen molar-refractivity contribution in [1.82, 2.24) is 15.2 Å². The summed E-state index contributed by atoms with van der Waals surface area (Å²) < 4.78 is 0. The maximum absolute atomic E-state index is 12.1. The summed E-state index contributed by atoms with van der Waals surface area (Å²) in [6, 6.07) is 7.51. The molecule has 110 valence electrons. The van der Waals surface area contributed by atoms with Crippen LogP contribution in [0, 0.1) is 6.92 Å². The number of carbonyl (C=O) groups excluding carboxylic acids is 2. The quantitative estimate of drug-likeness (QED) is 0.939. The number of aryl methyl sites for hydroxylation is 1. The van der Waals surface area contributed by atoms with Crippen LogP contribution in [0.1, 0.15) is 16.1 Å². The van der Waals surface area contributed by atoms with Crippen LogP contribution in [0.25, 0.3) is 10.6 Å². The first-order chi connectivity index (χ1) is 9.99. The normalized spacial score (nSPS) is 10.2. The molecule has 1 N–H and O–H groups in total. The molecule has 0 aliphatic rings. The van der Waals surface area contributed by atoms with E-state index < -0.39 is 0 Å². The van der Waals surface area contributed by atoms with Crippen molar-refractivity contribution in [2.75, 3.05) is 20.6 Å². The van der Waals surface area contributed by atoms with Gasteiger partial charge in [-0.2, -0.15) is 0 Å². The molecule has 2 heterocycles. The van der Waals surface area contributed by atoms with Crippen LogP contribution >= 0.6 is 11.3 Å². The molecule has 0 aliphatic heterocycles. The molecule has 0 fully saturated rings. The van der Waals surface area contributed by atoms with Gasteiger partial charge in [-0.05, 0) is 30.5 Å². The van der Waals surface area contributed by atoms with Gasteiger partial charge < -0.3 is 10.2 Å². The monoisotopic (exact) mass is 303 g/mol. The lowest BCUT2D eigenvalue weighted by molar-refractivity contribution is -0.127. The highest BCUT2D eigenvalue weighted by atomic mass is 32.1. The van der Waals surface area contributed by atoms with Crippen LogP contribution in [0.4, 0.5) is 0 Å². The molecule has 21 heavy (non-hydrogen) atoms. The Hall–Kier alpha value is -2.21. The minimum absolute atomic E-state index is 0.0159. The van der Waals surface area contributed by atoms with Gasteiger partial charge in [-0.3, -0.25) is 14.6 Å². The fraction of sp³-hybridized carbons (Fsp3) is 0.267. The predicted octanol–water partition coefficient (Wildman–Crippen LogP) is 1.94. The Morgan fingerprint density at radius 2 is 2.05 bits per heavy atom. The van der Waals surface area contributed by atoms with Crippen LogP contribution in [-0.4, -0.2) is 42.3 Å². The van der Waals surface area contributed by atoms with Crippen LogP contribution in [0.3, 0.4) is 0 Å². The van der Waals surface area contributed by atoms with E-state index in [2.05, 4.69) is 10.3 Å². The predicted molar refractivity (Wildman–Crippen MR) is 83.3 cm³/mol. The Morgan fingerprint density at radius 1 is 1.29 bits per heavy atom. The molecule has 5 nitrogen and oxygen atoms in total. The lowest BCUT2D eigenvalue weighted by Crippen LogP contribution is -2.36. The zero-order valence-electron chi connectivity index (χ0n) is 12.2. The summed E-state index contributed by atoms with van der Waals surface area (Å²) in [6.07, 6.45) is 0. The first-order valence-corrected chi connectivity index (χ1v) is 7.37. The number of amides is 2. The maximum Gasteiger partial charge on any atom is 0.253 e. The number of aromatic nitrogens is 1. The Balaban J connectivity index is 2.10. The smallest absolute Gasteiger partial charge is 0.253 e. The molecule has 0 spiro atoms. The Labute approximate surface area is 127 Å². The van der Waals surface area contributed by atoms with Gasteiger partial charge in [0.05, 0.1) is 28.4 Å². The molecular formula is C15H17N3O2S. The summed E-state index contributed by atoms with van der Waals surface area (Å²) in [6.45, 7) is 1.78. The Kier molecular flexibility index (Phi) is 4.70. The number of carbonyl (C=O) groups is 2. The van der Waals surface area contributed by atoms with E-state index in [-0.39, 0.29) is 18.4 Å². The van der Waals surface area contributed by atoms with E-state index in [4.69, 9.17) is 0 Å². The summed E-state index contributed by atoms with van der Waals surface area (Å²) in [4.78, 5) is 30.5. The van der Waals surface area contributed by atoms with Crippen LogP contribution in [0.2, 0.25) is 0 Å². The lowest BCUT2D eigenvalue weighted by atomic mass is 10.1. The molecule has 0 radical (unpaired) electrons. The van der Waals surface area contributed by atoms with Crippen molar-refractivity contribution in [3.63, 3.8) is 0 Å². The summed E-state index contributed by atoms with van der Waals surface area (Å²) >= 11 is 1.60. The van der Waals surface area contributed by atoms with E-state index in [1.54, 1.807) is 38.4 Å². The van der Waals surface area contributed by atoms with Crippen molar-refractivity contribution in [3.05, 3.63) is 40.9 Å². The highest BCUT2D eigenvalue weighted by molar-refractivity contribution is 7.13. The maximum atomic E-state index is 12.1. The van der Waals surface area contributed by atoms with Crippen molar-refractivity contribution in [3.8, 4) is 10.6 Å². The van der Waals surface area contributed by atoms with Crippen molar-refractivity contribution < 1.29 is 9.59 Å². The molecule has 0 aliphatic carbocycles. The molecular weight excluding hydrogens is 286 g/mol. The number of nitrogens with one attached hydrogen (secondary N) is 1. The molecule has 2 rings (SSSR count). The van der Waals surface area contributed by atoms with Crippen LogP contribution in [-0.2, 0) is 4.79 Å². The fourth-order valence-electron chi connectivity index (χ4n) is 1.77. The molecule has 2 amide bonds. The average Bonchev–Trinajstić information content (AvgIpc) is 2.98. The molecule has 2 aromatic heterocycles. The van der Waals surface area contributed by atoms with Gasteiger partial charge in [-0.15, -0.1) is 11.3 Å². The number of likely N-dealkylation sites (N-methyl/N-ethyl adjacent to an activating group) is 1. The molecule has 0 atom stereocenters. The van der Waals surface area contributed by atoms with Crippen LogP contribution in [0.5, 0.6) is 0 Å². The highest BCUT2D eigenvalue weighted by Crippen LogP contribution is 2.23. The second-order valence-corrected chi connectivity index (χ2v) is 5.73. The molecule has 0 unspecified atom stereocenters. The molecule has 2 aromatic rings. The van der Waals surface area contributed by atoms with Crippen molar-refractivity contribution in [2.24, 2.45) is 0 Å². The van der Waals surface area contributed by atoms with Crippen LogP contribution < -0.4 is 5.32 Å². The number of pyridine rings is 1. The van der Waals surface area contributed by atoms with Crippen LogP contribution in [0.15, 0.2) is 29.6 Å². The van der Waals surface area contributed by atoms with E-state index in [0.29, 0.717) is 11.3 Å². The fourth-order valence-corrected chi connectivity index (χ4v) is 2.47. The summed E-state index contributed by atoms with van der Waals surface area (Å²) in [5, 5.41) is 4.59. The molecule has 6 heteroatoms. The highest BCUT2D eigenvalue weighted by Gasteiger charge is 2.13. The average molecular weight is 303 g/mol. The second kappa shape index (κ2) is 6.49. The zero-order valence-corrected chi connectivity index (χ0v) is 13.0. The first-order valence-electron chi connectivity index (χ1n) is 6.49. The molecule has 0 aromatic carbocycles. The second-order valence-electron chi connectivity index (χ2n) is 4.78. The van der Waals surface area contributed by atoms with E-state index in [1.165, 1.54) is 4.90 Å². The Bertz CT molecular complexity index is 651. The van der Waals surface area contributed by atoms with Gasteiger partial charge in [0, 0.05) is 14.1 Å². The third-order valence-corrected chi connectivity index (χ3v) is 3.90. The van der Waals surface area contributed by atoms with Gasteiger partial charge >= 0.3 is 0 Å². The van der Waals surface area contributed by atoms with Gasteiger partial charge in [0.15, 0.2) is 0 Å². The molecule has 0 bridgehead atoms. The van der Waals surface area contributed by atoms with Crippen molar-refractivity contribution >= 4 is 23.2 Å². The standard InChI is InChI=1S/C15H17N3O2S/c1-10-11(15(20)16-9-14(19)18(2)3)6-7-12(17-10)13-5-4-8-21-13/h4-8H,9H2,1-3H3,(H,16,20). The van der Waals surface area contributed by atoms with Gasteiger partial charge in [-0.1, -0.05) is 6.07 Å². The number of nitrogens with zero attached hydrogens (tertiary/aromatic N) is 2. The van der Waals surface area contributed by atoms with Crippen molar-refractivity contribution in [2.45, 2.75) is 6.92 Å². The summed E-state index contributed by atoms with van der Waals surface area (Å²) in [7, 11) is 3.30. The SMILES string of the molecule is Cc1nc(-c2cccs2)ccc1C(=O)NCC(=O)N(C)C. The van der Waals surface area contributed by atoms with Gasteiger partial charge in [0.1, 0.15) is 0 Å². The number of hydrogen-bond acceptors (Lipinski definition) is 4. The third kappa shape index (κ3) is 3.66.